The van der Waals surface area contributed by atoms with Crippen LogP contribution >= 0.6 is 11.8 Å². The number of nitrogens with one attached hydrogen (secondary N) is 3. The number of thioether (sulfide) groups is 1. The third kappa shape index (κ3) is 11.0. The lowest BCUT2D eigenvalue weighted by atomic mass is 9.89. The van der Waals surface area contributed by atoms with E-state index in [4.69, 9.17) is 23.7 Å². The lowest BCUT2D eigenvalue weighted by Crippen LogP contribution is -2.36. The number of fused-ring (bicyclic) bond motifs is 1. The Morgan fingerprint density at radius 1 is 0.918 bits per heavy atom. The van der Waals surface area contributed by atoms with Crippen LogP contribution in [-0.4, -0.2) is 87.7 Å². The van der Waals surface area contributed by atoms with Crippen molar-refractivity contribution < 1.29 is 43.2 Å². The second-order valence-electron chi connectivity index (χ2n) is 12.4. The Bertz CT molecular complexity index is 1380. The summed E-state index contributed by atoms with van der Waals surface area (Å²) in [6.45, 7) is 0.815. The highest BCUT2D eigenvalue weighted by atomic mass is 32.2. The number of phenolic OH excluding ortho intramolecular Hbond substituents is 1. The lowest BCUT2D eigenvalue weighted by molar-refractivity contribution is -0.144. The number of aromatic hydroxyl groups is 1. The number of amides is 3. The highest BCUT2D eigenvalue weighted by Crippen LogP contribution is 2.42. The number of phenols is 1. The number of methoxy groups -OCH3 is 4. The van der Waals surface area contributed by atoms with Gasteiger partial charge in [-0.25, -0.2) is 4.79 Å². The van der Waals surface area contributed by atoms with Crippen molar-refractivity contribution in [2.24, 2.45) is 0 Å². The number of hydrogen-bond acceptors (Lipinski definition) is 10. The third-order valence-corrected chi connectivity index (χ3v) is 10.6. The van der Waals surface area contributed by atoms with Crippen molar-refractivity contribution in [1.82, 2.24) is 16.0 Å². The molecule has 3 amide bonds. The van der Waals surface area contributed by atoms with Crippen LogP contribution in [0.3, 0.4) is 0 Å². The summed E-state index contributed by atoms with van der Waals surface area (Å²) in [5.74, 6) is 2.67. The van der Waals surface area contributed by atoms with E-state index in [1.807, 2.05) is 30.0 Å². The first kappa shape index (κ1) is 37.8. The van der Waals surface area contributed by atoms with Crippen LogP contribution in [0.25, 0.3) is 0 Å². The Morgan fingerprint density at radius 3 is 2.35 bits per heavy atom. The molecule has 2 saturated heterocycles. The van der Waals surface area contributed by atoms with E-state index in [0.29, 0.717) is 66.9 Å². The Hall–Kier alpha value is -4.00. The van der Waals surface area contributed by atoms with Gasteiger partial charge < -0.3 is 44.7 Å². The molecule has 0 saturated carbocycles. The van der Waals surface area contributed by atoms with Gasteiger partial charge in [0.05, 0.1) is 47.1 Å². The highest BCUT2D eigenvalue weighted by molar-refractivity contribution is 8.00. The predicted molar refractivity (Wildman–Crippen MR) is 188 cm³/mol. The van der Waals surface area contributed by atoms with Crippen molar-refractivity contribution in [3.05, 3.63) is 41.5 Å². The van der Waals surface area contributed by atoms with Crippen molar-refractivity contribution in [3.63, 3.8) is 0 Å². The van der Waals surface area contributed by atoms with Gasteiger partial charge in [0.25, 0.3) is 0 Å². The van der Waals surface area contributed by atoms with Gasteiger partial charge in [-0.05, 0) is 79.8 Å². The minimum atomic E-state index is -0.255. The zero-order valence-corrected chi connectivity index (χ0v) is 29.8. The van der Waals surface area contributed by atoms with E-state index in [1.54, 1.807) is 33.5 Å². The molecule has 0 radical (unpaired) electrons. The molecule has 0 spiro atoms. The fourth-order valence-electron chi connectivity index (χ4n) is 6.42. The smallest absolute Gasteiger partial charge is 0.315 e. The molecule has 2 aliphatic heterocycles. The van der Waals surface area contributed by atoms with Gasteiger partial charge in [0.15, 0.2) is 23.0 Å². The third-order valence-electron chi connectivity index (χ3n) is 9.07. The molecule has 0 aliphatic carbocycles. The molecule has 13 heteroatoms. The van der Waals surface area contributed by atoms with E-state index in [9.17, 15) is 19.5 Å². The van der Waals surface area contributed by atoms with Crippen LogP contribution in [0.4, 0.5) is 4.79 Å². The molecule has 12 nitrogen and oxygen atoms in total. The molecule has 2 fully saturated rings. The largest absolute Gasteiger partial charge is 0.504 e. The molecule has 4 N–H and O–H groups in total. The molecular weight excluding hydrogens is 650 g/mol. The number of carbonyl (C=O) groups is 3. The van der Waals surface area contributed by atoms with Crippen LogP contribution < -0.4 is 34.9 Å². The molecule has 2 aromatic carbocycles. The molecule has 1 unspecified atom stereocenters. The van der Waals surface area contributed by atoms with Gasteiger partial charge in [0, 0.05) is 30.4 Å². The predicted octanol–water partition coefficient (Wildman–Crippen LogP) is 5.09. The summed E-state index contributed by atoms with van der Waals surface area (Å²) in [5, 5.41) is 19.7. The standard InChI is InChI=1S/C36H51N3O9S/c1-44-28-14-13-23(19-27(28)40)18-24(25-20-29(45-2)35(47-4)30(21-25)46-3)15-17-48-33(42)12-6-5-9-16-37-32(41)11-8-7-10-31-34-26(22-49-31)38-36(43)39-34/h13-14,19-21,24,26,31,34,40H,5-12,15-18,22H2,1-4H3,(H,37,41)(H2,38,39,43)/t24?,26-,31-,34-/m0/s1. The van der Waals surface area contributed by atoms with Crippen LogP contribution in [0.5, 0.6) is 28.7 Å². The summed E-state index contributed by atoms with van der Waals surface area (Å²) in [4.78, 5) is 36.3. The van der Waals surface area contributed by atoms with Gasteiger partial charge in [0.1, 0.15) is 0 Å². The number of rotatable bonds is 21. The molecule has 0 aromatic heterocycles. The van der Waals surface area contributed by atoms with E-state index in [0.717, 1.165) is 49.0 Å². The number of unbranched alkanes of at least 4 members (excludes halogenated alkanes) is 3. The van der Waals surface area contributed by atoms with Crippen LogP contribution in [0.15, 0.2) is 30.3 Å². The van der Waals surface area contributed by atoms with Gasteiger partial charge in [-0.3, -0.25) is 9.59 Å². The zero-order chi connectivity index (χ0) is 35.2. The molecule has 49 heavy (non-hydrogen) atoms. The maximum Gasteiger partial charge on any atom is 0.315 e. The number of carbonyl (C=O) groups excluding carboxylic acids is 3. The van der Waals surface area contributed by atoms with Gasteiger partial charge >= 0.3 is 12.0 Å². The van der Waals surface area contributed by atoms with E-state index in [-0.39, 0.29) is 48.3 Å². The van der Waals surface area contributed by atoms with Crippen LogP contribution in [0, 0.1) is 0 Å². The minimum absolute atomic E-state index is 0.0544. The number of hydrogen-bond donors (Lipinski definition) is 4. The fraction of sp³-hybridized carbons (Fsp3) is 0.583. The minimum Gasteiger partial charge on any atom is -0.504 e. The van der Waals surface area contributed by atoms with Gasteiger partial charge in [0.2, 0.25) is 11.7 Å². The van der Waals surface area contributed by atoms with Crippen LogP contribution in [0.2, 0.25) is 0 Å². The van der Waals surface area contributed by atoms with Gasteiger partial charge in [-0.15, -0.1) is 0 Å². The van der Waals surface area contributed by atoms with Gasteiger partial charge in [-0.2, -0.15) is 11.8 Å². The summed E-state index contributed by atoms with van der Waals surface area (Å²) >= 11 is 1.89. The van der Waals surface area contributed by atoms with Gasteiger partial charge in [-0.1, -0.05) is 18.9 Å². The van der Waals surface area contributed by atoms with Crippen molar-refractivity contribution in [2.45, 2.75) is 87.5 Å². The maximum absolute atomic E-state index is 12.6. The van der Waals surface area contributed by atoms with Crippen molar-refractivity contribution >= 4 is 29.7 Å². The van der Waals surface area contributed by atoms with Crippen molar-refractivity contribution in [3.8, 4) is 28.7 Å². The molecule has 4 rings (SSSR count). The Balaban J connectivity index is 1.15. The van der Waals surface area contributed by atoms with Crippen LogP contribution in [-0.2, 0) is 20.7 Å². The number of urea groups is 1. The van der Waals surface area contributed by atoms with Crippen LogP contribution in [0.1, 0.15) is 74.8 Å². The second-order valence-corrected chi connectivity index (χ2v) is 13.7. The first-order valence-electron chi connectivity index (χ1n) is 17.0. The molecule has 4 atom stereocenters. The van der Waals surface area contributed by atoms with E-state index < -0.39 is 0 Å². The summed E-state index contributed by atoms with van der Waals surface area (Å²) in [6.07, 6.45) is 6.99. The first-order valence-corrected chi connectivity index (χ1v) is 18.1. The second kappa shape index (κ2) is 19.3. The van der Waals surface area contributed by atoms with E-state index >= 15 is 0 Å². The lowest BCUT2D eigenvalue weighted by Gasteiger charge is -2.21. The normalized spacial score (nSPS) is 18.5. The Kier molecular flexibility index (Phi) is 14.9. The first-order chi connectivity index (χ1) is 23.8. The van der Waals surface area contributed by atoms with Crippen molar-refractivity contribution in [2.75, 3.05) is 47.3 Å². The topological polar surface area (TPSA) is 154 Å². The Morgan fingerprint density at radius 2 is 1.65 bits per heavy atom. The summed E-state index contributed by atoms with van der Waals surface area (Å²) < 4.78 is 27.4. The monoisotopic (exact) mass is 701 g/mol. The zero-order valence-electron chi connectivity index (χ0n) is 29.0. The van der Waals surface area contributed by atoms with E-state index in [1.165, 1.54) is 7.11 Å². The van der Waals surface area contributed by atoms with E-state index in [2.05, 4.69) is 16.0 Å². The van der Waals surface area contributed by atoms with Crippen molar-refractivity contribution in [1.29, 1.82) is 0 Å². The number of esters is 1. The summed E-state index contributed by atoms with van der Waals surface area (Å²) in [6, 6.07) is 9.47. The highest BCUT2D eigenvalue weighted by Gasteiger charge is 2.42. The molecule has 2 heterocycles. The summed E-state index contributed by atoms with van der Waals surface area (Å²) in [7, 11) is 6.19. The fourth-order valence-corrected chi connectivity index (χ4v) is 7.96. The summed E-state index contributed by atoms with van der Waals surface area (Å²) in [5.41, 5.74) is 1.82. The number of ether oxygens (including phenoxy) is 5. The molecule has 0 bridgehead atoms. The molecule has 2 aliphatic rings. The average molecular weight is 702 g/mol. The number of benzene rings is 2. The quantitative estimate of drug-likeness (QED) is 0.0787. The average Bonchev–Trinajstić information content (AvgIpc) is 3.66. The molecular formula is C36H51N3O9S. The molecule has 270 valence electrons. The molecule has 2 aromatic rings. The Labute approximate surface area is 293 Å². The SMILES string of the molecule is COc1ccc(CC(CCOC(=O)CCCCCNC(=O)CCCC[C@@H]2SC[C@@H]3NC(=O)N[C@@H]32)c2cc(OC)c(OC)c(OC)c2)cc1O. The maximum atomic E-state index is 12.6.